The van der Waals surface area contributed by atoms with Crippen LogP contribution < -0.4 is 0 Å². The second-order valence-electron chi connectivity index (χ2n) is 8.60. The molecule has 0 N–H and O–H groups in total. The number of hydrogen-bond donors (Lipinski definition) is 0. The van der Waals surface area contributed by atoms with Gasteiger partial charge in [0.2, 0.25) is 0 Å². The smallest absolute Gasteiger partial charge is 0.0184 e. The third-order valence-electron chi connectivity index (χ3n) is 6.33. The van der Waals surface area contributed by atoms with Crippen molar-refractivity contribution in [3.63, 3.8) is 0 Å². The minimum Gasteiger partial charge on any atom is -0.0804 e. The molecule has 2 aromatic carbocycles. The van der Waals surface area contributed by atoms with Crippen LogP contribution in [0.2, 0.25) is 0 Å². The van der Waals surface area contributed by atoms with Crippen LogP contribution in [0, 0.1) is 5.92 Å². The molecule has 1 aliphatic carbocycles. The fourth-order valence-electron chi connectivity index (χ4n) is 4.49. The highest BCUT2D eigenvalue weighted by Crippen LogP contribution is 2.33. The van der Waals surface area contributed by atoms with Gasteiger partial charge >= 0.3 is 0 Å². The van der Waals surface area contributed by atoms with E-state index in [2.05, 4.69) is 68.5 Å². The molecule has 0 saturated carbocycles. The third kappa shape index (κ3) is 6.09. The molecule has 0 saturated heterocycles. The first-order valence-corrected chi connectivity index (χ1v) is 11.7. The zero-order valence-electron chi connectivity index (χ0n) is 18.1. The molecular formula is C28H38. The second kappa shape index (κ2) is 11.2. The van der Waals surface area contributed by atoms with Crippen molar-refractivity contribution in [2.24, 2.45) is 5.92 Å². The standard InChI is InChI=1S/C28H38/c1-3-5-6-7-8-10-24-13-17-26(18-14-24)28-21-19-27(20-22-28)25-15-11-23(9-4-2)12-16-25/h13-15,17-23H,3-12,16H2,1-2H3. The van der Waals surface area contributed by atoms with Crippen LogP contribution in [-0.4, -0.2) is 0 Å². The molecule has 2 aromatic rings. The lowest BCUT2D eigenvalue weighted by Gasteiger charge is -2.21. The Bertz CT molecular complexity index is 718. The van der Waals surface area contributed by atoms with E-state index in [9.17, 15) is 0 Å². The Kier molecular flexibility index (Phi) is 8.40. The molecule has 1 atom stereocenters. The van der Waals surface area contributed by atoms with E-state index in [4.69, 9.17) is 0 Å². The number of aryl methyl sites for hydroxylation is 1. The summed E-state index contributed by atoms with van der Waals surface area (Å²) in [5.41, 5.74) is 7.12. The van der Waals surface area contributed by atoms with Gasteiger partial charge in [0.15, 0.2) is 0 Å². The Hall–Kier alpha value is -1.82. The van der Waals surface area contributed by atoms with Gasteiger partial charge in [0.25, 0.3) is 0 Å². The highest BCUT2D eigenvalue weighted by atomic mass is 14.2. The maximum absolute atomic E-state index is 2.49. The molecule has 0 fully saturated rings. The van der Waals surface area contributed by atoms with Gasteiger partial charge in [-0.25, -0.2) is 0 Å². The first kappa shape index (κ1) is 20.9. The average Bonchev–Trinajstić information content (AvgIpc) is 2.75. The van der Waals surface area contributed by atoms with Crippen LogP contribution in [0.1, 0.15) is 89.2 Å². The quantitative estimate of drug-likeness (QED) is 0.364. The van der Waals surface area contributed by atoms with Gasteiger partial charge in [-0.1, -0.05) is 107 Å². The molecule has 1 aliphatic rings. The summed E-state index contributed by atoms with van der Waals surface area (Å²) in [6.45, 7) is 4.58. The maximum Gasteiger partial charge on any atom is -0.0184 e. The van der Waals surface area contributed by atoms with Gasteiger partial charge in [-0.3, -0.25) is 0 Å². The van der Waals surface area contributed by atoms with Crippen molar-refractivity contribution in [2.75, 3.05) is 0 Å². The molecular weight excluding hydrogens is 336 g/mol. The van der Waals surface area contributed by atoms with Crippen molar-refractivity contribution in [1.82, 2.24) is 0 Å². The van der Waals surface area contributed by atoms with Crippen molar-refractivity contribution >= 4 is 5.57 Å². The van der Waals surface area contributed by atoms with Crippen LogP contribution in [-0.2, 0) is 6.42 Å². The van der Waals surface area contributed by atoms with Crippen LogP contribution in [0.5, 0.6) is 0 Å². The molecule has 0 bridgehead atoms. The van der Waals surface area contributed by atoms with E-state index in [1.165, 1.54) is 92.9 Å². The molecule has 0 amide bonds. The highest BCUT2D eigenvalue weighted by Gasteiger charge is 2.14. The number of unbranched alkanes of at least 4 members (excludes halogenated alkanes) is 4. The lowest BCUT2D eigenvalue weighted by molar-refractivity contribution is 0.445. The number of rotatable bonds is 10. The van der Waals surface area contributed by atoms with Gasteiger partial charge in [-0.2, -0.15) is 0 Å². The Labute approximate surface area is 173 Å². The number of allylic oxidation sites excluding steroid dienone is 2. The first-order chi connectivity index (χ1) is 13.8. The van der Waals surface area contributed by atoms with Crippen molar-refractivity contribution < 1.29 is 0 Å². The van der Waals surface area contributed by atoms with E-state index in [0.29, 0.717) is 0 Å². The normalized spacial score (nSPS) is 16.8. The fourth-order valence-corrected chi connectivity index (χ4v) is 4.49. The summed E-state index contributed by atoms with van der Waals surface area (Å²) < 4.78 is 0. The number of benzene rings is 2. The molecule has 150 valence electrons. The van der Waals surface area contributed by atoms with Crippen molar-refractivity contribution in [2.45, 2.75) is 84.5 Å². The molecule has 0 heterocycles. The summed E-state index contributed by atoms with van der Waals surface area (Å²) >= 11 is 0. The monoisotopic (exact) mass is 374 g/mol. The SMILES string of the molecule is CCCCCCCc1ccc(-c2ccc(C3=CCC(CCC)CC3)cc2)cc1. The molecule has 0 nitrogen and oxygen atoms in total. The zero-order chi connectivity index (χ0) is 19.6. The second-order valence-corrected chi connectivity index (χ2v) is 8.60. The van der Waals surface area contributed by atoms with Crippen molar-refractivity contribution in [1.29, 1.82) is 0 Å². The molecule has 0 heteroatoms. The van der Waals surface area contributed by atoms with Crippen LogP contribution in [0.3, 0.4) is 0 Å². The average molecular weight is 375 g/mol. The van der Waals surface area contributed by atoms with Crippen LogP contribution in [0.25, 0.3) is 16.7 Å². The largest absolute Gasteiger partial charge is 0.0804 e. The van der Waals surface area contributed by atoms with Gasteiger partial charge in [-0.05, 0) is 65.8 Å². The van der Waals surface area contributed by atoms with E-state index < -0.39 is 0 Å². The van der Waals surface area contributed by atoms with Gasteiger partial charge in [-0.15, -0.1) is 0 Å². The Balaban J connectivity index is 1.55. The maximum atomic E-state index is 2.49. The van der Waals surface area contributed by atoms with Gasteiger partial charge in [0.05, 0.1) is 0 Å². The van der Waals surface area contributed by atoms with Crippen LogP contribution >= 0.6 is 0 Å². The molecule has 0 radical (unpaired) electrons. The molecule has 0 spiro atoms. The van der Waals surface area contributed by atoms with Gasteiger partial charge in [0.1, 0.15) is 0 Å². The minimum atomic E-state index is 0.915. The highest BCUT2D eigenvalue weighted by molar-refractivity contribution is 5.71. The fraction of sp³-hybridized carbons (Fsp3) is 0.500. The summed E-state index contributed by atoms with van der Waals surface area (Å²) in [7, 11) is 0. The summed E-state index contributed by atoms with van der Waals surface area (Å²) in [5, 5.41) is 0. The van der Waals surface area contributed by atoms with Crippen molar-refractivity contribution in [3.05, 3.63) is 65.7 Å². The van der Waals surface area contributed by atoms with Crippen molar-refractivity contribution in [3.8, 4) is 11.1 Å². The van der Waals surface area contributed by atoms with Gasteiger partial charge in [0, 0.05) is 0 Å². The lowest BCUT2D eigenvalue weighted by Crippen LogP contribution is -2.04. The summed E-state index contributed by atoms with van der Waals surface area (Å²) in [5.74, 6) is 0.915. The summed E-state index contributed by atoms with van der Waals surface area (Å²) in [6.07, 6.45) is 17.1. The van der Waals surface area contributed by atoms with E-state index in [1.807, 2.05) is 0 Å². The molecule has 0 aliphatic heterocycles. The molecule has 0 aromatic heterocycles. The predicted octanol–water partition coefficient (Wildman–Crippen LogP) is 8.85. The van der Waals surface area contributed by atoms with E-state index in [0.717, 1.165) is 5.92 Å². The third-order valence-corrected chi connectivity index (χ3v) is 6.33. The molecule has 28 heavy (non-hydrogen) atoms. The van der Waals surface area contributed by atoms with E-state index >= 15 is 0 Å². The van der Waals surface area contributed by atoms with Gasteiger partial charge < -0.3 is 0 Å². The lowest BCUT2D eigenvalue weighted by atomic mass is 9.84. The predicted molar refractivity (Wildman–Crippen MR) is 125 cm³/mol. The number of hydrogen-bond acceptors (Lipinski definition) is 0. The molecule has 1 unspecified atom stereocenters. The van der Waals surface area contributed by atoms with Crippen LogP contribution in [0.4, 0.5) is 0 Å². The van der Waals surface area contributed by atoms with E-state index in [1.54, 1.807) is 5.57 Å². The Morgan fingerprint density at radius 3 is 1.96 bits per heavy atom. The Morgan fingerprint density at radius 2 is 1.36 bits per heavy atom. The Morgan fingerprint density at radius 1 is 0.714 bits per heavy atom. The topological polar surface area (TPSA) is 0 Å². The summed E-state index contributed by atoms with van der Waals surface area (Å²) in [6, 6.07) is 18.5. The molecule has 3 rings (SSSR count). The first-order valence-electron chi connectivity index (χ1n) is 11.7. The summed E-state index contributed by atoms with van der Waals surface area (Å²) in [4.78, 5) is 0. The van der Waals surface area contributed by atoms with E-state index in [-0.39, 0.29) is 0 Å². The van der Waals surface area contributed by atoms with Crippen LogP contribution in [0.15, 0.2) is 54.6 Å². The zero-order valence-corrected chi connectivity index (χ0v) is 18.1. The minimum absolute atomic E-state index is 0.915.